The molecule has 0 N–H and O–H groups in total. The second-order valence-electron chi connectivity index (χ2n) is 4.88. The number of alkyl halides is 1. The Morgan fingerprint density at radius 3 is 2.60 bits per heavy atom. The number of aryl methyl sites for hydroxylation is 2. The summed E-state index contributed by atoms with van der Waals surface area (Å²) in [7, 11) is 0. The molecule has 3 atom stereocenters. The zero-order chi connectivity index (χ0) is 11.0. The molecule has 2 heteroatoms. The topological polar surface area (TPSA) is 0 Å². The van der Waals surface area contributed by atoms with Crippen molar-refractivity contribution >= 4 is 27.3 Å². The van der Waals surface area contributed by atoms with Crippen molar-refractivity contribution in [2.75, 3.05) is 0 Å². The van der Waals surface area contributed by atoms with Gasteiger partial charge in [-0.3, -0.25) is 0 Å². The number of hydrogen-bond donors (Lipinski definition) is 0. The summed E-state index contributed by atoms with van der Waals surface area (Å²) in [4.78, 5) is 3.59. The second-order valence-corrected chi connectivity index (χ2v) is 7.15. The monoisotopic (exact) mass is 286 g/mol. The largest absolute Gasteiger partial charge is 0.144 e. The molecule has 0 aliphatic heterocycles. The van der Waals surface area contributed by atoms with E-state index < -0.39 is 0 Å². The number of rotatable bonds is 2. The van der Waals surface area contributed by atoms with Crippen LogP contribution in [0.4, 0.5) is 0 Å². The Balaban J connectivity index is 2.19. The molecule has 0 amide bonds. The van der Waals surface area contributed by atoms with Gasteiger partial charge in [0.05, 0.1) is 4.83 Å². The first kappa shape index (κ1) is 11.7. The minimum absolute atomic E-state index is 0.591. The molecule has 3 unspecified atom stereocenters. The van der Waals surface area contributed by atoms with E-state index in [9.17, 15) is 0 Å². The highest BCUT2D eigenvalue weighted by Gasteiger charge is 2.31. The summed E-state index contributed by atoms with van der Waals surface area (Å²) in [6, 6.07) is 2.31. The van der Waals surface area contributed by atoms with E-state index >= 15 is 0 Å². The fraction of sp³-hybridized carbons (Fsp3) is 0.692. The van der Waals surface area contributed by atoms with Crippen LogP contribution in [0.5, 0.6) is 0 Å². The highest BCUT2D eigenvalue weighted by atomic mass is 79.9. The van der Waals surface area contributed by atoms with E-state index in [4.69, 9.17) is 0 Å². The molecule has 0 nitrogen and oxygen atoms in total. The van der Waals surface area contributed by atoms with E-state index in [-0.39, 0.29) is 0 Å². The standard InChI is InChI=1S/C13H19BrS/c1-8-5-4-6-11(8)12(14)13-9(2)7-10(3)15-13/h7-8,11-12H,4-6H2,1-3H3. The van der Waals surface area contributed by atoms with Crippen LogP contribution in [0.3, 0.4) is 0 Å². The molecule has 1 saturated carbocycles. The van der Waals surface area contributed by atoms with Crippen LogP contribution in [0.1, 0.15) is 46.3 Å². The van der Waals surface area contributed by atoms with Gasteiger partial charge in [0.1, 0.15) is 0 Å². The smallest absolute Gasteiger partial charge is 0.0522 e. The van der Waals surface area contributed by atoms with Gasteiger partial charge in [-0.25, -0.2) is 0 Å². The summed E-state index contributed by atoms with van der Waals surface area (Å²) in [5.74, 6) is 1.73. The molecule has 1 aliphatic rings. The van der Waals surface area contributed by atoms with Gasteiger partial charge in [0, 0.05) is 9.75 Å². The van der Waals surface area contributed by atoms with Crippen LogP contribution >= 0.6 is 27.3 Å². The molecule has 0 aromatic carbocycles. The quantitative estimate of drug-likeness (QED) is 0.653. The van der Waals surface area contributed by atoms with E-state index in [1.54, 1.807) is 4.88 Å². The van der Waals surface area contributed by atoms with Crippen LogP contribution in [-0.2, 0) is 0 Å². The van der Waals surface area contributed by atoms with Gasteiger partial charge in [-0.05, 0) is 43.7 Å². The molecule has 1 aromatic heterocycles. The fourth-order valence-corrected chi connectivity index (χ4v) is 5.25. The Hall–Kier alpha value is 0.180. The predicted molar refractivity (Wildman–Crippen MR) is 72.0 cm³/mol. The first-order chi connectivity index (χ1) is 7.09. The lowest BCUT2D eigenvalue weighted by Gasteiger charge is -2.21. The maximum Gasteiger partial charge on any atom is 0.0522 e. The SMILES string of the molecule is Cc1cc(C)c(C(Br)C2CCCC2C)s1. The summed E-state index contributed by atoms with van der Waals surface area (Å²) in [5, 5.41) is 0. The van der Waals surface area contributed by atoms with Crippen LogP contribution in [-0.4, -0.2) is 0 Å². The summed E-state index contributed by atoms with van der Waals surface area (Å²) >= 11 is 5.89. The van der Waals surface area contributed by atoms with Gasteiger partial charge in [0.2, 0.25) is 0 Å². The summed E-state index contributed by atoms with van der Waals surface area (Å²) in [6.07, 6.45) is 4.22. The molecule has 1 aliphatic carbocycles. The Labute approximate surface area is 105 Å². The Morgan fingerprint density at radius 1 is 1.40 bits per heavy atom. The van der Waals surface area contributed by atoms with Crippen molar-refractivity contribution in [1.29, 1.82) is 0 Å². The highest BCUT2D eigenvalue weighted by molar-refractivity contribution is 9.09. The number of hydrogen-bond acceptors (Lipinski definition) is 1. The summed E-state index contributed by atoms with van der Waals surface area (Å²) < 4.78 is 0. The van der Waals surface area contributed by atoms with Crippen molar-refractivity contribution < 1.29 is 0 Å². The average Bonchev–Trinajstić information content (AvgIpc) is 2.71. The van der Waals surface area contributed by atoms with Gasteiger partial charge in [-0.1, -0.05) is 35.7 Å². The summed E-state index contributed by atoms with van der Waals surface area (Å²) in [5.41, 5.74) is 1.47. The molecule has 1 fully saturated rings. The molecule has 15 heavy (non-hydrogen) atoms. The molecule has 0 bridgehead atoms. The van der Waals surface area contributed by atoms with E-state index in [1.807, 2.05) is 11.3 Å². The van der Waals surface area contributed by atoms with Crippen LogP contribution in [0.2, 0.25) is 0 Å². The van der Waals surface area contributed by atoms with Crippen LogP contribution in [0.25, 0.3) is 0 Å². The van der Waals surface area contributed by atoms with Gasteiger partial charge in [-0.15, -0.1) is 11.3 Å². The molecule has 84 valence electrons. The molecule has 1 heterocycles. The fourth-order valence-electron chi connectivity index (χ4n) is 2.74. The van der Waals surface area contributed by atoms with Gasteiger partial charge in [0.25, 0.3) is 0 Å². The van der Waals surface area contributed by atoms with Crippen molar-refractivity contribution in [1.82, 2.24) is 0 Å². The van der Waals surface area contributed by atoms with Crippen LogP contribution < -0.4 is 0 Å². The van der Waals surface area contributed by atoms with Gasteiger partial charge >= 0.3 is 0 Å². The zero-order valence-corrected chi connectivity index (χ0v) is 12.1. The lowest BCUT2D eigenvalue weighted by atomic mass is 9.93. The van der Waals surface area contributed by atoms with Crippen LogP contribution in [0, 0.1) is 25.7 Å². The van der Waals surface area contributed by atoms with Crippen LogP contribution in [0.15, 0.2) is 6.07 Å². The third-order valence-corrected chi connectivity index (χ3v) is 6.31. The number of halogens is 1. The minimum atomic E-state index is 0.591. The molecule has 0 spiro atoms. The van der Waals surface area contributed by atoms with Crippen molar-refractivity contribution in [3.8, 4) is 0 Å². The maximum atomic E-state index is 3.93. The zero-order valence-electron chi connectivity index (χ0n) is 9.72. The third-order valence-electron chi connectivity index (χ3n) is 3.63. The van der Waals surface area contributed by atoms with Crippen molar-refractivity contribution in [3.63, 3.8) is 0 Å². The minimum Gasteiger partial charge on any atom is -0.144 e. The van der Waals surface area contributed by atoms with Crippen molar-refractivity contribution in [3.05, 3.63) is 21.4 Å². The van der Waals surface area contributed by atoms with Gasteiger partial charge in [0.15, 0.2) is 0 Å². The predicted octanol–water partition coefficient (Wildman–Crippen LogP) is 5.24. The normalized spacial score (nSPS) is 28.3. The molecule has 1 aromatic rings. The van der Waals surface area contributed by atoms with E-state index in [0.29, 0.717) is 4.83 Å². The van der Waals surface area contributed by atoms with Gasteiger partial charge < -0.3 is 0 Å². The average molecular weight is 287 g/mol. The molecular formula is C13H19BrS. The molecule has 0 saturated heterocycles. The van der Waals surface area contributed by atoms with Crippen molar-refractivity contribution in [2.24, 2.45) is 11.8 Å². The molecule has 0 radical (unpaired) electrons. The Kier molecular flexibility index (Phi) is 3.56. The Bertz CT molecular complexity index is 342. The lowest BCUT2D eigenvalue weighted by molar-refractivity contribution is 0.416. The van der Waals surface area contributed by atoms with E-state index in [2.05, 4.69) is 42.8 Å². The maximum absolute atomic E-state index is 3.93. The van der Waals surface area contributed by atoms with E-state index in [0.717, 1.165) is 11.8 Å². The first-order valence-corrected chi connectivity index (χ1v) is 7.54. The second kappa shape index (κ2) is 4.58. The molecular weight excluding hydrogens is 268 g/mol. The van der Waals surface area contributed by atoms with Gasteiger partial charge in [-0.2, -0.15) is 0 Å². The van der Waals surface area contributed by atoms with Crippen molar-refractivity contribution in [2.45, 2.75) is 44.9 Å². The molecule has 2 rings (SSSR count). The summed E-state index contributed by atoms with van der Waals surface area (Å²) in [6.45, 7) is 6.85. The number of thiophene rings is 1. The first-order valence-electron chi connectivity index (χ1n) is 5.80. The third kappa shape index (κ3) is 2.31. The van der Waals surface area contributed by atoms with E-state index in [1.165, 1.54) is 29.7 Å². The highest BCUT2D eigenvalue weighted by Crippen LogP contribution is 2.47. The lowest BCUT2D eigenvalue weighted by Crippen LogP contribution is -2.10. The Morgan fingerprint density at radius 2 is 2.13 bits per heavy atom.